The molecule has 2 aromatic rings. The Bertz CT molecular complexity index is 667. The van der Waals surface area contributed by atoms with Gasteiger partial charge in [-0.25, -0.2) is 9.78 Å². The van der Waals surface area contributed by atoms with E-state index in [1.54, 1.807) is 4.68 Å². The summed E-state index contributed by atoms with van der Waals surface area (Å²) in [5, 5.41) is 16.5. The molecule has 0 atom stereocenters. The van der Waals surface area contributed by atoms with Crippen molar-refractivity contribution in [3.05, 3.63) is 39.8 Å². The molecule has 7 heteroatoms. The van der Waals surface area contributed by atoms with E-state index in [0.717, 1.165) is 17.0 Å². The molecule has 106 valence electrons. The molecule has 20 heavy (non-hydrogen) atoms. The standard InChI is InChI=1S/C13H15ClN4O2/c1-7-10(8(2)18(3)17-7)6-15-12-5-9(13(19)20)4-11(14)16-12/h4-5H,6H2,1-3H3,(H,15,16)(H,19,20). The Balaban J connectivity index is 2.21. The van der Waals surface area contributed by atoms with Gasteiger partial charge in [0.15, 0.2) is 0 Å². The molecule has 6 nitrogen and oxygen atoms in total. The first-order chi connectivity index (χ1) is 9.38. The van der Waals surface area contributed by atoms with Gasteiger partial charge in [0.2, 0.25) is 0 Å². The van der Waals surface area contributed by atoms with E-state index in [-0.39, 0.29) is 10.7 Å². The Labute approximate surface area is 121 Å². The van der Waals surface area contributed by atoms with E-state index >= 15 is 0 Å². The highest BCUT2D eigenvalue weighted by atomic mass is 35.5. The molecule has 0 saturated carbocycles. The summed E-state index contributed by atoms with van der Waals surface area (Å²) in [6, 6.07) is 2.77. The summed E-state index contributed by atoms with van der Waals surface area (Å²) in [4.78, 5) is 15.0. The van der Waals surface area contributed by atoms with Crippen LogP contribution in [0.4, 0.5) is 5.82 Å². The van der Waals surface area contributed by atoms with Crippen LogP contribution in [0.1, 0.15) is 27.3 Å². The number of anilines is 1. The first-order valence-electron chi connectivity index (χ1n) is 6.02. The van der Waals surface area contributed by atoms with Crippen LogP contribution >= 0.6 is 11.6 Å². The largest absolute Gasteiger partial charge is 0.478 e. The van der Waals surface area contributed by atoms with Gasteiger partial charge in [-0.1, -0.05) is 11.6 Å². The molecule has 0 radical (unpaired) electrons. The molecular formula is C13H15ClN4O2. The Morgan fingerprint density at radius 2 is 2.15 bits per heavy atom. The van der Waals surface area contributed by atoms with Crippen molar-refractivity contribution in [2.24, 2.45) is 7.05 Å². The molecule has 0 amide bonds. The zero-order chi connectivity index (χ0) is 14.9. The highest BCUT2D eigenvalue weighted by Crippen LogP contribution is 2.17. The van der Waals surface area contributed by atoms with Gasteiger partial charge in [0.25, 0.3) is 0 Å². The van der Waals surface area contributed by atoms with Crippen LogP contribution in [0.15, 0.2) is 12.1 Å². The molecule has 2 N–H and O–H groups in total. The number of pyridine rings is 1. The van der Waals surface area contributed by atoms with Gasteiger partial charge in [0.1, 0.15) is 11.0 Å². The Morgan fingerprint density at radius 3 is 2.70 bits per heavy atom. The van der Waals surface area contributed by atoms with Gasteiger partial charge in [-0.15, -0.1) is 0 Å². The number of rotatable bonds is 4. The number of aromatic nitrogens is 3. The number of hydrogen-bond donors (Lipinski definition) is 2. The molecule has 0 aliphatic carbocycles. The van der Waals surface area contributed by atoms with E-state index in [2.05, 4.69) is 15.4 Å². The summed E-state index contributed by atoms with van der Waals surface area (Å²) in [7, 11) is 1.88. The minimum atomic E-state index is -1.04. The SMILES string of the molecule is Cc1nn(C)c(C)c1CNc1cc(C(=O)O)cc(Cl)n1. The topological polar surface area (TPSA) is 80.0 Å². The van der Waals surface area contributed by atoms with Crippen LogP contribution in [0.3, 0.4) is 0 Å². The summed E-state index contributed by atoms with van der Waals surface area (Å²) in [6.45, 7) is 4.42. The van der Waals surface area contributed by atoms with Gasteiger partial charge >= 0.3 is 5.97 Å². The Kier molecular flexibility index (Phi) is 3.94. The van der Waals surface area contributed by atoms with E-state index < -0.39 is 5.97 Å². The fraction of sp³-hybridized carbons (Fsp3) is 0.308. The molecule has 0 fully saturated rings. The van der Waals surface area contributed by atoms with Crippen LogP contribution < -0.4 is 5.32 Å². The van der Waals surface area contributed by atoms with Crippen molar-refractivity contribution >= 4 is 23.4 Å². The molecule has 0 saturated heterocycles. The quantitative estimate of drug-likeness (QED) is 0.846. The maximum absolute atomic E-state index is 11.0. The summed E-state index contributed by atoms with van der Waals surface area (Å²) in [5.74, 6) is -0.608. The van der Waals surface area contributed by atoms with E-state index in [9.17, 15) is 4.79 Å². The Morgan fingerprint density at radius 1 is 1.45 bits per heavy atom. The molecular weight excluding hydrogens is 280 g/mol. The van der Waals surface area contributed by atoms with Crippen molar-refractivity contribution in [1.29, 1.82) is 0 Å². The molecule has 2 aromatic heterocycles. The number of aromatic carboxylic acids is 1. The second-order valence-electron chi connectivity index (χ2n) is 4.50. The van der Waals surface area contributed by atoms with Crippen molar-refractivity contribution in [3.8, 4) is 0 Å². The lowest BCUT2D eigenvalue weighted by atomic mass is 10.2. The van der Waals surface area contributed by atoms with Gasteiger partial charge < -0.3 is 10.4 Å². The summed E-state index contributed by atoms with van der Waals surface area (Å²) in [5.41, 5.74) is 3.15. The van der Waals surface area contributed by atoms with Crippen LogP contribution in [0.5, 0.6) is 0 Å². The van der Waals surface area contributed by atoms with Crippen molar-refractivity contribution in [2.45, 2.75) is 20.4 Å². The second-order valence-corrected chi connectivity index (χ2v) is 4.88. The summed E-state index contributed by atoms with van der Waals surface area (Å²) < 4.78 is 1.81. The lowest BCUT2D eigenvalue weighted by Crippen LogP contribution is -2.06. The summed E-state index contributed by atoms with van der Waals surface area (Å²) >= 11 is 5.81. The van der Waals surface area contributed by atoms with Gasteiger partial charge in [-0.3, -0.25) is 4.68 Å². The van der Waals surface area contributed by atoms with Gasteiger partial charge in [-0.2, -0.15) is 5.10 Å². The molecule has 0 unspecified atom stereocenters. The van der Waals surface area contributed by atoms with Crippen LogP contribution in [-0.4, -0.2) is 25.8 Å². The molecule has 0 aliphatic rings. The third-order valence-corrected chi connectivity index (χ3v) is 3.34. The molecule has 2 heterocycles. The van der Waals surface area contributed by atoms with E-state index in [1.165, 1.54) is 12.1 Å². The number of carboxylic acids is 1. The van der Waals surface area contributed by atoms with Crippen LogP contribution in [0.25, 0.3) is 0 Å². The van der Waals surface area contributed by atoms with Crippen molar-refractivity contribution in [1.82, 2.24) is 14.8 Å². The zero-order valence-corrected chi connectivity index (χ0v) is 12.2. The van der Waals surface area contributed by atoms with Crippen molar-refractivity contribution in [3.63, 3.8) is 0 Å². The molecule has 2 rings (SSSR count). The lowest BCUT2D eigenvalue weighted by molar-refractivity contribution is 0.0697. The number of nitrogens with zero attached hydrogens (tertiary/aromatic N) is 3. The maximum atomic E-state index is 11.0. The molecule has 0 spiro atoms. The van der Waals surface area contributed by atoms with E-state index in [4.69, 9.17) is 16.7 Å². The number of nitrogens with one attached hydrogen (secondary N) is 1. The zero-order valence-electron chi connectivity index (χ0n) is 11.4. The first kappa shape index (κ1) is 14.3. The third-order valence-electron chi connectivity index (χ3n) is 3.15. The fourth-order valence-electron chi connectivity index (χ4n) is 1.96. The first-order valence-corrected chi connectivity index (χ1v) is 6.40. The second kappa shape index (κ2) is 5.50. The third kappa shape index (κ3) is 2.91. The number of aryl methyl sites for hydroxylation is 2. The number of carboxylic acid groups (broad SMARTS) is 1. The van der Waals surface area contributed by atoms with Gasteiger partial charge in [0.05, 0.1) is 11.3 Å². The van der Waals surface area contributed by atoms with E-state index in [0.29, 0.717) is 12.4 Å². The van der Waals surface area contributed by atoms with E-state index in [1.807, 2.05) is 20.9 Å². The van der Waals surface area contributed by atoms with Crippen LogP contribution in [0, 0.1) is 13.8 Å². The van der Waals surface area contributed by atoms with Crippen LogP contribution in [-0.2, 0) is 13.6 Å². The Hall–Kier alpha value is -2.08. The predicted octanol–water partition coefficient (Wildman–Crippen LogP) is 2.40. The minimum Gasteiger partial charge on any atom is -0.478 e. The average Bonchev–Trinajstić information content (AvgIpc) is 2.60. The predicted molar refractivity (Wildman–Crippen MR) is 76.2 cm³/mol. The maximum Gasteiger partial charge on any atom is 0.335 e. The smallest absolute Gasteiger partial charge is 0.335 e. The highest BCUT2D eigenvalue weighted by molar-refractivity contribution is 6.29. The number of carbonyl (C=O) groups is 1. The monoisotopic (exact) mass is 294 g/mol. The molecule has 0 aromatic carbocycles. The molecule has 0 aliphatic heterocycles. The normalized spacial score (nSPS) is 10.6. The number of hydrogen-bond acceptors (Lipinski definition) is 4. The van der Waals surface area contributed by atoms with Gasteiger partial charge in [-0.05, 0) is 26.0 Å². The van der Waals surface area contributed by atoms with Crippen molar-refractivity contribution < 1.29 is 9.90 Å². The van der Waals surface area contributed by atoms with Crippen molar-refractivity contribution in [2.75, 3.05) is 5.32 Å². The van der Waals surface area contributed by atoms with Gasteiger partial charge in [0, 0.05) is 24.8 Å². The highest BCUT2D eigenvalue weighted by Gasteiger charge is 2.11. The minimum absolute atomic E-state index is 0.104. The molecule has 0 bridgehead atoms. The fourth-order valence-corrected chi connectivity index (χ4v) is 2.17. The van der Waals surface area contributed by atoms with Crippen LogP contribution in [0.2, 0.25) is 5.15 Å². The average molecular weight is 295 g/mol. The number of halogens is 1. The summed E-state index contributed by atoms with van der Waals surface area (Å²) in [6.07, 6.45) is 0. The lowest BCUT2D eigenvalue weighted by Gasteiger charge is -2.07.